The van der Waals surface area contributed by atoms with Crippen LogP contribution in [-0.4, -0.2) is 35.9 Å². The Balaban J connectivity index is 1.42. The minimum Gasteiger partial charge on any atom is -0.482 e. The molecule has 1 aliphatic rings. The highest BCUT2D eigenvalue weighted by Crippen LogP contribution is 2.25. The standard InChI is InChI=1S/C17H17ClN4O4S/c18-12-4-1-2-5-13(12)26-9-15(24)21-20-14(23)8-11-10-27-17(19-11)22-7-3-6-16(22)25/h1-2,4-5,10H,3,6-9H2,(H,20,23)(H,21,24). The van der Waals surface area contributed by atoms with Crippen molar-refractivity contribution in [2.75, 3.05) is 18.1 Å². The Bertz CT molecular complexity index is 857. The first-order chi connectivity index (χ1) is 13.0. The minimum atomic E-state index is -0.523. The van der Waals surface area contributed by atoms with Crippen molar-refractivity contribution >= 4 is 45.8 Å². The Hall–Kier alpha value is -2.65. The Morgan fingerprint density at radius 2 is 2.04 bits per heavy atom. The van der Waals surface area contributed by atoms with Crippen molar-refractivity contribution in [3.05, 3.63) is 40.4 Å². The van der Waals surface area contributed by atoms with E-state index in [-0.39, 0.29) is 18.9 Å². The highest BCUT2D eigenvalue weighted by molar-refractivity contribution is 7.14. The van der Waals surface area contributed by atoms with Gasteiger partial charge in [0.25, 0.3) is 5.91 Å². The first kappa shape index (κ1) is 19.1. The van der Waals surface area contributed by atoms with Crippen LogP contribution in [0.5, 0.6) is 5.75 Å². The Morgan fingerprint density at radius 3 is 2.78 bits per heavy atom. The molecule has 0 spiro atoms. The van der Waals surface area contributed by atoms with Crippen LogP contribution in [0.2, 0.25) is 5.02 Å². The van der Waals surface area contributed by atoms with E-state index in [2.05, 4.69) is 15.8 Å². The molecule has 1 aromatic heterocycles. The number of carbonyl (C=O) groups is 3. The molecule has 3 amide bonds. The molecule has 2 N–H and O–H groups in total. The summed E-state index contributed by atoms with van der Waals surface area (Å²) >= 11 is 7.24. The predicted molar refractivity (Wildman–Crippen MR) is 101 cm³/mol. The number of hydrogen-bond acceptors (Lipinski definition) is 6. The van der Waals surface area contributed by atoms with Crippen LogP contribution in [0, 0.1) is 0 Å². The maximum absolute atomic E-state index is 11.9. The quantitative estimate of drug-likeness (QED) is 0.708. The van der Waals surface area contributed by atoms with Crippen molar-refractivity contribution in [2.45, 2.75) is 19.3 Å². The van der Waals surface area contributed by atoms with Crippen LogP contribution in [0.25, 0.3) is 0 Å². The number of nitrogens with one attached hydrogen (secondary N) is 2. The number of halogens is 1. The minimum absolute atomic E-state index is 0.00974. The number of thiazole rings is 1. The molecule has 3 rings (SSSR count). The molecule has 2 aromatic rings. The maximum Gasteiger partial charge on any atom is 0.276 e. The van der Waals surface area contributed by atoms with Gasteiger partial charge in [-0.2, -0.15) is 0 Å². The van der Waals surface area contributed by atoms with Gasteiger partial charge in [0.15, 0.2) is 11.7 Å². The fourth-order valence-corrected chi connectivity index (χ4v) is 3.50. The third-order valence-corrected chi connectivity index (χ3v) is 4.95. The SMILES string of the molecule is O=C(COc1ccccc1Cl)NNC(=O)Cc1csc(N2CCCC2=O)n1. The van der Waals surface area contributed by atoms with Gasteiger partial charge in [-0.15, -0.1) is 11.3 Å². The summed E-state index contributed by atoms with van der Waals surface area (Å²) in [7, 11) is 0. The molecule has 1 aliphatic heterocycles. The van der Waals surface area contributed by atoms with Gasteiger partial charge in [-0.1, -0.05) is 23.7 Å². The van der Waals surface area contributed by atoms with Gasteiger partial charge in [-0.3, -0.25) is 30.1 Å². The number of nitrogens with zero attached hydrogens (tertiary/aromatic N) is 2. The molecule has 1 aromatic carbocycles. The van der Waals surface area contributed by atoms with Crippen molar-refractivity contribution in [2.24, 2.45) is 0 Å². The summed E-state index contributed by atoms with van der Waals surface area (Å²) in [6.45, 7) is 0.363. The normalized spacial score (nSPS) is 13.5. The number of rotatable bonds is 6. The van der Waals surface area contributed by atoms with E-state index in [1.165, 1.54) is 11.3 Å². The Labute approximate surface area is 164 Å². The van der Waals surface area contributed by atoms with Crippen molar-refractivity contribution in [1.82, 2.24) is 15.8 Å². The maximum atomic E-state index is 11.9. The zero-order valence-electron chi connectivity index (χ0n) is 14.2. The number of carbonyl (C=O) groups excluding carboxylic acids is 3. The summed E-state index contributed by atoms with van der Waals surface area (Å²) in [5, 5.41) is 2.71. The molecule has 2 heterocycles. The summed E-state index contributed by atoms with van der Waals surface area (Å²) in [5.74, 6) is -0.520. The highest BCUT2D eigenvalue weighted by Gasteiger charge is 2.24. The average Bonchev–Trinajstić information content (AvgIpc) is 3.28. The van der Waals surface area contributed by atoms with Crippen LogP contribution in [0.15, 0.2) is 29.6 Å². The van der Waals surface area contributed by atoms with E-state index in [0.717, 1.165) is 6.42 Å². The van der Waals surface area contributed by atoms with Crippen molar-refractivity contribution in [3.63, 3.8) is 0 Å². The van der Waals surface area contributed by atoms with Crippen molar-refractivity contribution < 1.29 is 19.1 Å². The molecule has 142 valence electrons. The number of anilines is 1. The van der Waals surface area contributed by atoms with Crippen LogP contribution in [-0.2, 0) is 20.8 Å². The molecule has 10 heteroatoms. The molecular weight excluding hydrogens is 392 g/mol. The lowest BCUT2D eigenvalue weighted by Gasteiger charge is -2.10. The van der Waals surface area contributed by atoms with Gasteiger partial charge in [0, 0.05) is 18.3 Å². The van der Waals surface area contributed by atoms with E-state index < -0.39 is 11.8 Å². The number of hydrazine groups is 1. The van der Waals surface area contributed by atoms with E-state index in [9.17, 15) is 14.4 Å². The smallest absolute Gasteiger partial charge is 0.276 e. The molecule has 0 aliphatic carbocycles. The second-order valence-electron chi connectivity index (χ2n) is 5.76. The monoisotopic (exact) mass is 408 g/mol. The van der Waals surface area contributed by atoms with Gasteiger partial charge in [-0.05, 0) is 18.6 Å². The summed E-state index contributed by atoms with van der Waals surface area (Å²) in [4.78, 5) is 41.3. The molecule has 27 heavy (non-hydrogen) atoms. The first-order valence-corrected chi connectivity index (χ1v) is 9.48. The van der Waals surface area contributed by atoms with E-state index >= 15 is 0 Å². The van der Waals surface area contributed by atoms with Crippen LogP contribution < -0.4 is 20.5 Å². The van der Waals surface area contributed by atoms with Gasteiger partial charge in [0.05, 0.1) is 17.1 Å². The lowest BCUT2D eigenvalue weighted by atomic mass is 10.3. The number of amides is 3. The average molecular weight is 409 g/mol. The van der Waals surface area contributed by atoms with Crippen molar-refractivity contribution in [1.29, 1.82) is 0 Å². The summed E-state index contributed by atoms with van der Waals surface area (Å²) in [6, 6.07) is 6.77. The van der Waals surface area contributed by atoms with E-state index in [1.807, 2.05) is 0 Å². The zero-order chi connectivity index (χ0) is 19.2. The highest BCUT2D eigenvalue weighted by atomic mass is 35.5. The second-order valence-corrected chi connectivity index (χ2v) is 7.01. The molecule has 0 unspecified atom stereocenters. The number of benzene rings is 1. The summed E-state index contributed by atoms with van der Waals surface area (Å²) in [6.07, 6.45) is 1.33. The third-order valence-electron chi connectivity index (χ3n) is 3.72. The Kier molecular flexibility index (Phi) is 6.25. The number of ether oxygens (including phenoxy) is 1. The zero-order valence-corrected chi connectivity index (χ0v) is 15.8. The molecule has 1 saturated heterocycles. The van der Waals surface area contributed by atoms with Crippen LogP contribution in [0.4, 0.5) is 5.13 Å². The van der Waals surface area contributed by atoms with Gasteiger partial charge >= 0.3 is 0 Å². The largest absolute Gasteiger partial charge is 0.482 e. The fourth-order valence-electron chi connectivity index (χ4n) is 2.44. The molecular formula is C17H17ClN4O4S. The molecule has 0 radical (unpaired) electrons. The van der Waals surface area contributed by atoms with E-state index in [0.29, 0.717) is 34.6 Å². The molecule has 0 bridgehead atoms. The van der Waals surface area contributed by atoms with E-state index in [1.54, 1.807) is 34.5 Å². The molecule has 8 nitrogen and oxygen atoms in total. The topological polar surface area (TPSA) is 101 Å². The number of para-hydroxylation sites is 1. The first-order valence-electron chi connectivity index (χ1n) is 8.22. The Morgan fingerprint density at radius 1 is 1.26 bits per heavy atom. The summed E-state index contributed by atoms with van der Waals surface area (Å²) < 4.78 is 5.28. The van der Waals surface area contributed by atoms with Crippen LogP contribution >= 0.6 is 22.9 Å². The second kappa shape index (κ2) is 8.83. The molecule has 1 fully saturated rings. The number of aromatic nitrogens is 1. The van der Waals surface area contributed by atoms with Crippen molar-refractivity contribution in [3.8, 4) is 5.75 Å². The summed E-state index contributed by atoms with van der Waals surface area (Å²) in [5.41, 5.74) is 5.10. The fraction of sp³-hybridized carbons (Fsp3) is 0.294. The molecule has 0 saturated carbocycles. The lowest BCUT2D eigenvalue weighted by molar-refractivity contribution is -0.129. The van der Waals surface area contributed by atoms with Gasteiger partial charge in [0.1, 0.15) is 5.75 Å². The third kappa shape index (κ3) is 5.18. The van der Waals surface area contributed by atoms with Crippen LogP contribution in [0.3, 0.4) is 0 Å². The number of hydrogen-bond donors (Lipinski definition) is 2. The van der Waals surface area contributed by atoms with Gasteiger partial charge < -0.3 is 4.74 Å². The van der Waals surface area contributed by atoms with Gasteiger partial charge in [0.2, 0.25) is 11.8 Å². The predicted octanol–water partition coefficient (Wildman–Crippen LogP) is 1.69. The van der Waals surface area contributed by atoms with Gasteiger partial charge in [-0.25, -0.2) is 4.98 Å². The van der Waals surface area contributed by atoms with E-state index in [4.69, 9.17) is 16.3 Å². The molecule has 0 atom stereocenters. The van der Waals surface area contributed by atoms with Crippen LogP contribution in [0.1, 0.15) is 18.5 Å². The lowest BCUT2D eigenvalue weighted by Crippen LogP contribution is -2.44.